The van der Waals surface area contributed by atoms with Gasteiger partial charge in [0.25, 0.3) is 0 Å². The third-order valence-electron chi connectivity index (χ3n) is 3.37. The van der Waals surface area contributed by atoms with Crippen LogP contribution in [0.5, 0.6) is 0 Å². The minimum atomic E-state index is 0.226. The summed E-state index contributed by atoms with van der Waals surface area (Å²) in [6.45, 7) is 4.22. The number of anilines is 1. The molecular weight excluding hydrogens is 238 g/mol. The van der Waals surface area contributed by atoms with Crippen molar-refractivity contribution in [1.29, 1.82) is 0 Å². The van der Waals surface area contributed by atoms with Crippen molar-refractivity contribution >= 4 is 5.82 Å². The van der Waals surface area contributed by atoms with Gasteiger partial charge in [-0.1, -0.05) is 30.3 Å². The summed E-state index contributed by atoms with van der Waals surface area (Å²) in [6.07, 6.45) is 1.81. The van der Waals surface area contributed by atoms with Crippen LogP contribution in [0.15, 0.2) is 42.6 Å². The van der Waals surface area contributed by atoms with Gasteiger partial charge in [0.05, 0.1) is 19.3 Å². The molecule has 4 nitrogen and oxygen atoms in total. The molecular formula is C15H17N3O. The number of benzene rings is 1. The van der Waals surface area contributed by atoms with Crippen LogP contribution in [0.25, 0.3) is 0 Å². The van der Waals surface area contributed by atoms with Gasteiger partial charge in [-0.15, -0.1) is 0 Å². The summed E-state index contributed by atoms with van der Waals surface area (Å²) in [6, 6.07) is 12.6. The van der Waals surface area contributed by atoms with Crippen LogP contribution in [0.2, 0.25) is 0 Å². The second kappa shape index (κ2) is 5.36. The van der Waals surface area contributed by atoms with Crippen molar-refractivity contribution in [3.63, 3.8) is 0 Å². The molecule has 1 aliphatic heterocycles. The highest BCUT2D eigenvalue weighted by molar-refractivity contribution is 5.42. The second-order valence-electron chi connectivity index (χ2n) is 4.66. The van der Waals surface area contributed by atoms with Crippen LogP contribution in [0.3, 0.4) is 0 Å². The number of hydrogen-bond donors (Lipinski definition) is 0. The van der Waals surface area contributed by atoms with Crippen LogP contribution in [-0.2, 0) is 4.74 Å². The largest absolute Gasteiger partial charge is 0.377 e. The lowest BCUT2D eigenvalue weighted by atomic mass is 10.1. The minimum Gasteiger partial charge on any atom is -0.377 e. The van der Waals surface area contributed by atoms with Crippen LogP contribution in [-0.4, -0.2) is 29.7 Å². The molecule has 0 amide bonds. The van der Waals surface area contributed by atoms with Crippen LogP contribution < -0.4 is 4.90 Å². The third kappa shape index (κ3) is 2.58. The molecule has 0 saturated carbocycles. The molecule has 1 atom stereocenters. The average Bonchev–Trinajstić information content (AvgIpc) is 2.48. The number of aryl methyl sites for hydroxylation is 1. The van der Waals surface area contributed by atoms with E-state index in [1.807, 2.05) is 25.3 Å². The molecule has 2 aromatic rings. The lowest BCUT2D eigenvalue weighted by Gasteiger charge is -2.36. The summed E-state index contributed by atoms with van der Waals surface area (Å²) in [7, 11) is 0. The van der Waals surface area contributed by atoms with Gasteiger partial charge in [0, 0.05) is 12.7 Å². The van der Waals surface area contributed by atoms with E-state index in [-0.39, 0.29) is 6.04 Å². The molecule has 1 aromatic heterocycles. The average molecular weight is 255 g/mol. The molecule has 4 heteroatoms. The maximum Gasteiger partial charge on any atom is 0.132 e. The lowest BCUT2D eigenvalue weighted by molar-refractivity contribution is 0.0937. The fraction of sp³-hybridized carbons (Fsp3) is 0.333. The molecule has 0 aliphatic carbocycles. The van der Waals surface area contributed by atoms with Crippen molar-refractivity contribution < 1.29 is 4.74 Å². The Hall–Kier alpha value is -1.94. The van der Waals surface area contributed by atoms with E-state index in [0.717, 1.165) is 24.8 Å². The lowest BCUT2D eigenvalue weighted by Crippen LogP contribution is -2.40. The zero-order chi connectivity index (χ0) is 13.1. The summed E-state index contributed by atoms with van der Waals surface area (Å²) < 4.78 is 5.63. The minimum absolute atomic E-state index is 0.226. The molecule has 1 saturated heterocycles. The van der Waals surface area contributed by atoms with Crippen molar-refractivity contribution in [3.05, 3.63) is 54.0 Å². The van der Waals surface area contributed by atoms with Crippen molar-refractivity contribution in [2.45, 2.75) is 13.0 Å². The Labute approximate surface area is 113 Å². The summed E-state index contributed by atoms with van der Waals surface area (Å²) in [5, 5.41) is 0. The Morgan fingerprint density at radius 1 is 1.21 bits per heavy atom. The van der Waals surface area contributed by atoms with Gasteiger partial charge in [0.1, 0.15) is 11.6 Å². The van der Waals surface area contributed by atoms with Gasteiger partial charge in [-0.2, -0.15) is 0 Å². The van der Waals surface area contributed by atoms with Crippen LogP contribution in [0.1, 0.15) is 17.4 Å². The predicted molar refractivity (Wildman–Crippen MR) is 74.1 cm³/mol. The van der Waals surface area contributed by atoms with Gasteiger partial charge in [0.15, 0.2) is 0 Å². The Balaban J connectivity index is 1.93. The highest BCUT2D eigenvalue weighted by Crippen LogP contribution is 2.28. The van der Waals surface area contributed by atoms with Crippen LogP contribution in [0, 0.1) is 6.92 Å². The molecule has 19 heavy (non-hydrogen) atoms. The first-order valence-corrected chi connectivity index (χ1v) is 6.53. The number of ether oxygens (including phenoxy) is 1. The van der Waals surface area contributed by atoms with E-state index in [1.165, 1.54) is 5.56 Å². The number of hydrogen-bond acceptors (Lipinski definition) is 4. The summed E-state index contributed by atoms with van der Waals surface area (Å²) in [5.41, 5.74) is 1.26. The maximum atomic E-state index is 5.63. The standard InChI is InChI=1S/C15H17N3O/c1-12-16-8-7-15(17-12)18-9-10-19-11-14(18)13-5-3-2-4-6-13/h2-8,14H,9-11H2,1H3. The van der Waals surface area contributed by atoms with Gasteiger partial charge in [-0.3, -0.25) is 0 Å². The zero-order valence-corrected chi connectivity index (χ0v) is 11.0. The molecule has 1 aromatic carbocycles. The number of aromatic nitrogens is 2. The Kier molecular flexibility index (Phi) is 3.42. The molecule has 1 aliphatic rings. The fourth-order valence-corrected chi connectivity index (χ4v) is 2.43. The normalized spacial score (nSPS) is 19.4. The molecule has 0 N–H and O–H groups in total. The number of morpholine rings is 1. The molecule has 1 fully saturated rings. The summed E-state index contributed by atoms with van der Waals surface area (Å²) in [5.74, 6) is 1.78. The molecule has 0 radical (unpaired) electrons. The monoisotopic (exact) mass is 255 g/mol. The van der Waals surface area contributed by atoms with E-state index in [0.29, 0.717) is 6.61 Å². The van der Waals surface area contributed by atoms with E-state index >= 15 is 0 Å². The molecule has 3 rings (SSSR count). The smallest absolute Gasteiger partial charge is 0.132 e. The van der Waals surface area contributed by atoms with Gasteiger partial charge in [-0.25, -0.2) is 9.97 Å². The van der Waals surface area contributed by atoms with Crippen molar-refractivity contribution in [3.8, 4) is 0 Å². The SMILES string of the molecule is Cc1nccc(N2CCOCC2c2ccccc2)n1. The topological polar surface area (TPSA) is 38.2 Å². The molecule has 0 spiro atoms. The number of rotatable bonds is 2. The van der Waals surface area contributed by atoms with Crippen molar-refractivity contribution in [2.24, 2.45) is 0 Å². The van der Waals surface area contributed by atoms with Crippen LogP contribution >= 0.6 is 0 Å². The van der Waals surface area contributed by atoms with Gasteiger partial charge in [0.2, 0.25) is 0 Å². The quantitative estimate of drug-likeness (QED) is 0.825. The highest BCUT2D eigenvalue weighted by atomic mass is 16.5. The van der Waals surface area contributed by atoms with Crippen molar-refractivity contribution in [2.75, 3.05) is 24.7 Å². The fourth-order valence-electron chi connectivity index (χ4n) is 2.43. The summed E-state index contributed by atoms with van der Waals surface area (Å²) in [4.78, 5) is 11.0. The van der Waals surface area contributed by atoms with Crippen LogP contribution in [0.4, 0.5) is 5.82 Å². The molecule has 98 valence electrons. The first-order valence-electron chi connectivity index (χ1n) is 6.53. The Bertz CT molecular complexity index is 544. The number of nitrogens with zero attached hydrogens (tertiary/aromatic N) is 3. The van der Waals surface area contributed by atoms with E-state index in [1.54, 1.807) is 0 Å². The van der Waals surface area contributed by atoms with Gasteiger partial charge >= 0.3 is 0 Å². The molecule has 1 unspecified atom stereocenters. The zero-order valence-electron chi connectivity index (χ0n) is 11.0. The van der Waals surface area contributed by atoms with Gasteiger partial charge in [-0.05, 0) is 18.6 Å². The van der Waals surface area contributed by atoms with E-state index in [9.17, 15) is 0 Å². The first kappa shape index (κ1) is 12.1. The second-order valence-corrected chi connectivity index (χ2v) is 4.66. The first-order chi connectivity index (χ1) is 9.34. The van der Waals surface area contributed by atoms with E-state index in [2.05, 4.69) is 39.1 Å². The third-order valence-corrected chi connectivity index (χ3v) is 3.37. The summed E-state index contributed by atoms with van der Waals surface area (Å²) >= 11 is 0. The van der Waals surface area contributed by atoms with E-state index in [4.69, 9.17) is 4.74 Å². The molecule has 0 bridgehead atoms. The maximum absolute atomic E-state index is 5.63. The molecule has 2 heterocycles. The van der Waals surface area contributed by atoms with Crippen molar-refractivity contribution in [1.82, 2.24) is 9.97 Å². The highest BCUT2D eigenvalue weighted by Gasteiger charge is 2.25. The Morgan fingerprint density at radius 2 is 2.05 bits per heavy atom. The Morgan fingerprint density at radius 3 is 2.84 bits per heavy atom. The van der Waals surface area contributed by atoms with E-state index < -0.39 is 0 Å². The predicted octanol–water partition coefficient (Wildman–Crippen LogP) is 2.36. The van der Waals surface area contributed by atoms with Gasteiger partial charge < -0.3 is 9.64 Å².